The van der Waals surface area contributed by atoms with Crippen LogP contribution in [0.15, 0.2) is 12.2 Å². The van der Waals surface area contributed by atoms with E-state index < -0.39 is 17.9 Å². The summed E-state index contributed by atoms with van der Waals surface area (Å²) in [6, 6.07) is 0. The van der Waals surface area contributed by atoms with E-state index in [0.717, 1.165) is 56.3 Å². The van der Waals surface area contributed by atoms with Gasteiger partial charge >= 0.3 is 17.9 Å². The first-order valence-electron chi connectivity index (χ1n) is 19.5. The molecular weight excluding hydrogens is 578 g/mol. The highest BCUT2D eigenvalue weighted by atomic mass is 16.4. The molecule has 0 aliphatic heterocycles. The Labute approximate surface area is 283 Å². The summed E-state index contributed by atoms with van der Waals surface area (Å²) in [5.41, 5.74) is 0. The maximum absolute atomic E-state index is 11.0. The van der Waals surface area contributed by atoms with Gasteiger partial charge in [0.25, 0.3) is 0 Å². The molecule has 7 nitrogen and oxygen atoms in total. The lowest BCUT2D eigenvalue weighted by molar-refractivity contribution is -0.929. The van der Waals surface area contributed by atoms with Crippen molar-refractivity contribution in [3.8, 4) is 0 Å². The maximum atomic E-state index is 11.0. The van der Waals surface area contributed by atoms with Gasteiger partial charge in [0, 0.05) is 19.3 Å². The van der Waals surface area contributed by atoms with Crippen LogP contribution >= 0.6 is 0 Å². The lowest BCUT2D eigenvalue weighted by Crippen LogP contribution is -2.51. The van der Waals surface area contributed by atoms with E-state index in [-0.39, 0.29) is 19.3 Å². The number of allylic oxidation sites excluding steroid dienone is 2. The van der Waals surface area contributed by atoms with Crippen molar-refractivity contribution in [2.24, 2.45) is 0 Å². The van der Waals surface area contributed by atoms with E-state index in [0.29, 0.717) is 19.3 Å². The van der Waals surface area contributed by atoms with Crippen LogP contribution in [0.4, 0.5) is 0 Å². The normalized spacial score (nSPS) is 11.8. The summed E-state index contributed by atoms with van der Waals surface area (Å²) < 4.78 is 0.870. The van der Waals surface area contributed by atoms with Crippen molar-refractivity contribution in [1.82, 2.24) is 0 Å². The Morgan fingerprint density at radius 2 is 0.652 bits per heavy atom. The van der Waals surface area contributed by atoms with Crippen molar-refractivity contribution in [1.29, 1.82) is 0 Å². The van der Waals surface area contributed by atoms with Crippen molar-refractivity contribution < 1.29 is 34.2 Å². The summed E-state index contributed by atoms with van der Waals surface area (Å²) in [5, 5.41) is 27.2. The van der Waals surface area contributed by atoms with E-state index in [1.165, 1.54) is 122 Å². The highest BCUT2D eigenvalue weighted by Crippen LogP contribution is 2.20. The first kappa shape index (κ1) is 44.1. The molecule has 0 heterocycles. The molecule has 0 bridgehead atoms. The fourth-order valence-electron chi connectivity index (χ4n) is 6.60. The molecule has 0 fully saturated rings. The van der Waals surface area contributed by atoms with Crippen LogP contribution in [0.1, 0.15) is 193 Å². The minimum Gasteiger partial charge on any atom is -0.481 e. The van der Waals surface area contributed by atoms with Gasteiger partial charge in [0.1, 0.15) is 0 Å². The summed E-state index contributed by atoms with van der Waals surface area (Å²) in [7, 11) is 0. The van der Waals surface area contributed by atoms with E-state index in [2.05, 4.69) is 19.1 Å². The van der Waals surface area contributed by atoms with Crippen LogP contribution in [-0.2, 0) is 14.4 Å². The fraction of sp³-hybridized carbons (Fsp3) is 0.872. The number of hydrogen-bond donors (Lipinski definition) is 3. The Morgan fingerprint density at radius 1 is 0.391 bits per heavy atom. The van der Waals surface area contributed by atoms with Crippen LogP contribution in [-0.4, -0.2) is 63.9 Å². The van der Waals surface area contributed by atoms with Crippen LogP contribution in [0.25, 0.3) is 0 Å². The van der Waals surface area contributed by atoms with Gasteiger partial charge in [-0.3, -0.25) is 14.4 Å². The molecule has 0 saturated carbocycles. The number of carboxylic acid groups (broad SMARTS) is 3. The molecule has 270 valence electrons. The van der Waals surface area contributed by atoms with E-state index in [4.69, 9.17) is 15.3 Å². The molecule has 0 atom stereocenters. The minimum atomic E-state index is -0.765. The zero-order valence-electron chi connectivity index (χ0n) is 30.0. The van der Waals surface area contributed by atoms with Gasteiger partial charge in [-0.15, -0.1) is 0 Å². The van der Waals surface area contributed by atoms with Crippen LogP contribution in [0, 0.1) is 0 Å². The van der Waals surface area contributed by atoms with E-state index in [1.807, 2.05) is 0 Å². The minimum absolute atomic E-state index is 0.176. The SMILES string of the molecule is CCCCCC/C=C/CCCCCCCCCCCCCCCC[N+](CCCCC(=O)O)(CCCCC(=O)O)CCCCC(=O)O. The topological polar surface area (TPSA) is 112 Å². The predicted octanol–water partition coefficient (Wildman–Crippen LogP) is 10.9. The third-order valence-electron chi connectivity index (χ3n) is 9.46. The van der Waals surface area contributed by atoms with Crippen molar-refractivity contribution in [3.63, 3.8) is 0 Å². The molecule has 0 amide bonds. The second-order valence-electron chi connectivity index (χ2n) is 13.8. The third-order valence-corrected chi connectivity index (χ3v) is 9.46. The molecule has 0 aromatic carbocycles. The molecule has 0 unspecified atom stereocenters. The van der Waals surface area contributed by atoms with E-state index in [1.54, 1.807) is 0 Å². The molecule has 0 radical (unpaired) electrons. The molecular formula is C39H74NO6+. The number of hydrogen-bond acceptors (Lipinski definition) is 3. The zero-order valence-corrected chi connectivity index (χ0v) is 30.0. The Morgan fingerprint density at radius 3 is 0.957 bits per heavy atom. The van der Waals surface area contributed by atoms with Crippen LogP contribution < -0.4 is 0 Å². The Balaban J connectivity index is 4.14. The standard InChI is InChI=1S/C39H73NO6/c1-2-3-4-5-6-7-8-9-10-11-12-13-14-15-16-17-18-19-20-21-22-26-33-40(34-27-23-30-37(41)42,35-28-24-31-38(43)44)36-29-25-32-39(45)46/h7-8H,2-6,9-36H2,1H3,(H2-,41,42,43,44,45,46)/p+1/b8-7+. The molecule has 3 N–H and O–H groups in total. The second kappa shape index (κ2) is 33.0. The fourth-order valence-corrected chi connectivity index (χ4v) is 6.60. The number of aliphatic carboxylic acids is 3. The Bertz CT molecular complexity index is 698. The van der Waals surface area contributed by atoms with Gasteiger partial charge in [0.05, 0.1) is 26.2 Å². The lowest BCUT2D eigenvalue weighted by Gasteiger charge is -2.39. The van der Waals surface area contributed by atoms with Gasteiger partial charge in [-0.2, -0.15) is 0 Å². The number of carboxylic acids is 3. The molecule has 46 heavy (non-hydrogen) atoms. The van der Waals surface area contributed by atoms with Gasteiger partial charge < -0.3 is 19.8 Å². The molecule has 0 spiro atoms. The number of quaternary nitrogens is 1. The molecule has 0 rings (SSSR count). The first-order chi connectivity index (χ1) is 22.3. The second-order valence-corrected chi connectivity index (χ2v) is 13.8. The molecule has 7 heteroatoms. The Kier molecular flexibility index (Phi) is 31.7. The van der Waals surface area contributed by atoms with Crippen molar-refractivity contribution in [2.75, 3.05) is 26.2 Å². The summed E-state index contributed by atoms with van der Waals surface area (Å²) >= 11 is 0. The van der Waals surface area contributed by atoms with Crippen LogP contribution in [0.2, 0.25) is 0 Å². The molecule has 0 aliphatic carbocycles. The third kappa shape index (κ3) is 32.1. The number of carbonyl (C=O) groups is 3. The smallest absolute Gasteiger partial charge is 0.303 e. The highest BCUT2D eigenvalue weighted by molar-refractivity contribution is 5.67. The maximum Gasteiger partial charge on any atom is 0.303 e. The van der Waals surface area contributed by atoms with Crippen molar-refractivity contribution >= 4 is 17.9 Å². The van der Waals surface area contributed by atoms with Gasteiger partial charge in [0.15, 0.2) is 0 Å². The van der Waals surface area contributed by atoms with Crippen molar-refractivity contribution in [3.05, 3.63) is 12.2 Å². The van der Waals surface area contributed by atoms with Crippen molar-refractivity contribution in [2.45, 2.75) is 193 Å². The molecule has 0 aliphatic rings. The van der Waals surface area contributed by atoms with Gasteiger partial charge in [-0.25, -0.2) is 0 Å². The summed E-state index contributed by atoms with van der Waals surface area (Å²) in [4.78, 5) is 33.1. The molecule has 0 saturated heterocycles. The molecule has 0 aromatic rings. The lowest BCUT2D eigenvalue weighted by atomic mass is 10.0. The zero-order chi connectivity index (χ0) is 34.0. The van der Waals surface area contributed by atoms with Crippen LogP contribution in [0.5, 0.6) is 0 Å². The summed E-state index contributed by atoms with van der Waals surface area (Å²) in [6.45, 7) is 5.96. The number of unbranched alkanes of at least 4 members (excludes halogenated alkanes) is 21. The average Bonchev–Trinajstić information content (AvgIpc) is 3.02. The predicted molar refractivity (Wildman–Crippen MR) is 191 cm³/mol. The number of nitrogens with zero attached hydrogens (tertiary/aromatic N) is 1. The monoisotopic (exact) mass is 653 g/mol. The van der Waals surface area contributed by atoms with Gasteiger partial charge in [-0.05, 0) is 77.0 Å². The van der Waals surface area contributed by atoms with E-state index >= 15 is 0 Å². The van der Waals surface area contributed by atoms with Gasteiger partial charge in [0.2, 0.25) is 0 Å². The summed E-state index contributed by atoms with van der Waals surface area (Å²) in [5.74, 6) is -2.30. The first-order valence-corrected chi connectivity index (χ1v) is 19.5. The number of rotatable bonds is 37. The average molecular weight is 653 g/mol. The highest BCUT2D eigenvalue weighted by Gasteiger charge is 2.26. The quantitative estimate of drug-likeness (QED) is 0.0350. The van der Waals surface area contributed by atoms with Gasteiger partial charge in [-0.1, -0.05) is 109 Å². The molecule has 0 aromatic heterocycles. The van der Waals surface area contributed by atoms with E-state index in [9.17, 15) is 14.4 Å². The van der Waals surface area contributed by atoms with Crippen LogP contribution in [0.3, 0.4) is 0 Å². The summed E-state index contributed by atoms with van der Waals surface area (Å²) in [6.07, 6.45) is 36.2. The largest absolute Gasteiger partial charge is 0.481 e. The Hall–Kier alpha value is -1.89.